The second kappa shape index (κ2) is 7.57. The summed E-state index contributed by atoms with van der Waals surface area (Å²) >= 11 is 5.99. The predicted octanol–water partition coefficient (Wildman–Crippen LogP) is 3.13. The van der Waals surface area contributed by atoms with Gasteiger partial charge in [-0.1, -0.05) is 11.6 Å². The fourth-order valence-electron chi connectivity index (χ4n) is 2.60. The Kier molecular flexibility index (Phi) is 5.23. The molecule has 2 aromatic rings. The van der Waals surface area contributed by atoms with Gasteiger partial charge in [0.05, 0.1) is 25.0 Å². The highest BCUT2D eigenvalue weighted by molar-refractivity contribution is 6.31. The Morgan fingerprint density at radius 2 is 2.16 bits per heavy atom. The number of carbonyl (C=O) groups is 1. The Labute approximate surface area is 150 Å². The smallest absolute Gasteiger partial charge is 0.322 e. The van der Waals surface area contributed by atoms with Gasteiger partial charge in [-0.25, -0.2) is 4.79 Å². The lowest BCUT2D eigenvalue weighted by atomic mass is 10.3. The first-order valence-electron chi connectivity index (χ1n) is 7.91. The first kappa shape index (κ1) is 17.3. The first-order chi connectivity index (χ1) is 12.0. The molecular formula is C17H19ClN4O3. The minimum atomic E-state index is -0.221. The molecule has 1 aromatic heterocycles. The number of ether oxygens (including phenoxy) is 2. The van der Waals surface area contributed by atoms with E-state index < -0.39 is 0 Å². The van der Waals surface area contributed by atoms with E-state index in [4.69, 9.17) is 21.1 Å². The van der Waals surface area contributed by atoms with Gasteiger partial charge in [0.2, 0.25) is 5.88 Å². The van der Waals surface area contributed by atoms with Crippen LogP contribution in [0.5, 0.6) is 11.6 Å². The van der Waals surface area contributed by atoms with E-state index in [0.29, 0.717) is 35.4 Å². The van der Waals surface area contributed by atoms with Crippen molar-refractivity contribution in [3.05, 3.63) is 41.0 Å². The van der Waals surface area contributed by atoms with Crippen LogP contribution in [0.2, 0.25) is 5.02 Å². The van der Waals surface area contributed by atoms with Gasteiger partial charge in [0, 0.05) is 24.1 Å². The van der Waals surface area contributed by atoms with Crippen molar-refractivity contribution in [2.45, 2.75) is 19.4 Å². The number of amides is 2. The lowest BCUT2D eigenvalue weighted by Gasteiger charge is -2.18. The van der Waals surface area contributed by atoms with Crippen molar-refractivity contribution in [2.75, 3.05) is 25.5 Å². The lowest BCUT2D eigenvalue weighted by Crippen LogP contribution is -2.34. The zero-order valence-electron chi connectivity index (χ0n) is 14.0. The van der Waals surface area contributed by atoms with Crippen LogP contribution in [0.1, 0.15) is 12.1 Å². The number of hydrogen-bond donors (Lipinski definition) is 1. The van der Waals surface area contributed by atoms with Crippen LogP contribution in [0.25, 0.3) is 0 Å². The lowest BCUT2D eigenvalue weighted by molar-refractivity contribution is 0.188. The molecule has 2 amide bonds. The molecular weight excluding hydrogens is 344 g/mol. The molecule has 1 saturated heterocycles. The summed E-state index contributed by atoms with van der Waals surface area (Å²) in [5.74, 6) is 1.02. The number of halogens is 1. The maximum absolute atomic E-state index is 12.5. The molecule has 25 heavy (non-hydrogen) atoms. The van der Waals surface area contributed by atoms with E-state index in [-0.39, 0.29) is 12.1 Å². The molecule has 1 aliphatic rings. The molecule has 1 unspecified atom stereocenters. The molecule has 0 saturated carbocycles. The van der Waals surface area contributed by atoms with Gasteiger partial charge in [0.25, 0.3) is 0 Å². The van der Waals surface area contributed by atoms with E-state index in [9.17, 15) is 4.79 Å². The van der Waals surface area contributed by atoms with Gasteiger partial charge in [0.1, 0.15) is 11.9 Å². The number of hydrogen-bond acceptors (Lipinski definition) is 5. The number of nitrogens with one attached hydrogen (secondary N) is 1. The average molecular weight is 363 g/mol. The van der Waals surface area contributed by atoms with Gasteiger partial charge in [-0.3, -0.25) is 0 Å². The molecule has 1 N–H and O–H groups in total. The van der Waals surface area contributed by atoms with Gasteiger partial charge in [-0.15, -0.1) is 5.10 Å². The number of aryl methyl sites for hydroxylation is 1. The number of aromatic nitrogens is 2. The summed E-state index contributed by atoms with van der Waals surface area (Å²) in [5, 5.41) is 11.3. The van der Waals surface area contributed by atoms with Crippen LogP contribution in [0.3, 0.4) is 0 Å². The summed E-state index contributed by atoms with van der Waals surface area (Å²) in [4.78, 5) is 14.2. The molecule has 0 bridgehead atoms. The third kappa shape index (κ3) is 4.30. The third-order valence-electron chi connectivity index (χ3n) is 3.90. The highest BCUT2D eigenvalue weighted by atomic mass is 35.5. The van der Waals surface area contributed by atoms with Crippen molar-refractivity contribution in [1.82, 2.24) is 15.1 Å². The largest absolute Gasteiger partial charge is 0.495 e. The van der Waals surface area contributed by atoms with Crippen LogP contribution in [0, 0.1) is 6.92 Å². The molecule has 1 atom stereocenters. The topological polar surface area (TPSA) is 76.6 Å². The molecule has 1 aromatic carbocycles. The summed E-state index contributed by atoms with van der Waals surface area (Å²) in [6, 6.07) is 8.48. The first-order valence-corrected chi connectivity index (χ1v) is 8.29. The molecule has 2 heterocycles. The van der Waals surface area contributed by atoms with E-state index in [1.54, 1.807) is 36.3 Å². The number of likely N-dealkylation sites (tertiary alicyclic amines) is 1. The molecule has 0 radical (unpaired) electrons. The van der Waals surface area contributed by atoms with Gasteiger partial charge >= 0.3 is 6.03 Å². The van der Waals surface area contributed by atoms with Crippen LogP contribution in [0.4, 0.5) is 10.5 Å². The minimum absolute atomic E-state index is 0.107. The summed E-state index contributed by atoms with van der Waals surface area (Å²) in [7, 11) is 1.54. The van der Waals surface area contributed by atoms with E-state index >= 15 is 0 Å². The molecule has 0 aliphatic carbocycles. The number of carbonyl (C=O) groups excluding carboxylic acids is 1. The zero-order chi connectivity index (χ0) is 17.8. The summed E-state index contributed by atoms with van der Waals surface area (Å²) in [5.41, 5.74) is 1.36. The van der Waals surface area contributed by atoms with Crippen molar-refractivity contribution in [2.24, 2.45) is 0 Å². The highest BCUT2D eigenvalue weighted by Crippen LogP contribution is 2.28. The van der Waals surface area contributed by atoms with Crippen molar-refractivity contribution in [3.8, 4) is 11.6 Å². The number of nitrogens with zero attached hydrogens (tertiary/aromatic N) is 3. The van der Waals surface area contributed by atoms with E-state index in [1.165, 1.54) is 0 Å². The molecule has 8 heteroatoms. The number of methoxy groups -OCH3 is 1. The van der Waals surface area contributed by atoms with Crippen molar-refractivity contribution < 1.29 is 14.3 Å². The Bertz CT molecular complexity index is 754. The Morgan fingerprint density at radius 3 is 2.88 bits per heavy atom. The monoisotopic (exact) mass is 362 g/mol. The summed E-state index contributed by atoms with van der Waals surface area (Å²) in [6.07, 6.45) is 0.624. The maximum atomic E-state index is 12.5. The van der Waals surface area contributed by atoms with E-state index in [1.807, 2.05) is 13.0 Å². The SMILES string of the molecule is COc1ccc(Cl)cc1NC(=O)N1CCC(Oc2ccc(C)nn2)C1. The van der Waals surface area contributed by atoms with Crippen molar-refractivity contribution in [1.29, 1.82) is 0 Å². The number of anilines is 1. The van der Waals surface area contributed by atoms with Gasteiger partial charge in [0.15, 0.2) is 0 Å². The molecule has 7 nitrogen and oxygen atoms in total. The fraction of sp³-hybridized carbons (Fsp3) is 0.353. The van der Waals surface area contributed by atoms with Crippen LogP contribution in [-0.2, 0) is 0 Å². The number of rotatable bonds is 4. The van der Waals surface area contributed by atoms with Crippen molar-refractivity contribution >= 4 is 23.3 Å². The Balaban J connectivity index is 1.59. The normalized spacial score (nSPS) is 16.6. The third-order valence-corrected chi connectivity index (χ3v) is 4.13. The van der Waals surface area contributed by atoms with E-state index in [0.717, 1.165) is 12.1 Å². The van der Waals surface area contributed by atoms with Crippen LogP contribution >= 0.6 is 11.6 Å². The molecule has 1 fully saturated rings. The summed E-state index contributed by atoms with van der Waals surface area (Å²) < 4.78 is 11.0. The Hall–Kier alpha value is -2.54. The molecule has 132 valence electrons. The summed E-state index contributed by atoms with van der Waals surface area (Å²) in [6.45, 7) is 2.94. The van der Waals surface area contributed by atoms with Gasteiger partial charge in [-0.2, -0.15) is 5.10 Å². The molecule has 3 rings (SSSR count). The Morgan fingerprint density at radius 1 is 1.32 bits per heavy atom. The average Bonchev–Trinajstić information content (AvgIpc) is 3.06. The van der Waals surface area contributed by atoms with Gasteiger partial charge < -0.3 is 19.7 Å². The fourth-order valence-corrected chi connectivity index (χ4v) is 2.77. The standard InChI is InChI=1S/C17H19ClN4O3/c1-11-3-6-16(21-20-11)25-13-7-8-22(10-13)17(23)19-14-9-12(18)4-5-15(14)24-2/h3-6,9,13H,7-8,10H2,1-2H3,(H,19,23). The zero-order valence-corrected chi connectivity index (χ0v) is 14.8. The maximum Gasteiger partial charge on any atom is 0.322 e. The predicted molar refractivity (Wildman–Crippen MR) is 94.4 cm³/mol. The minimum Gasteiger partial charge on any atom is -0.495 e. The van der Waals surface area contributed by atoms with Crippen LogP contribution in [0.15, 0.2) is 30.3 Å². The molecule has 0 spiro atoms. The number of urea groups is 1. The second-order valence-electron chi connectivity index (χ2n) is 5.76. The highest BCUT2D eigenvalue weighted by Gasteiger charge is 2.28. The van der Waals surface area contributed by atoms with Crippen LogP contribution < -0.4 is 14.8 Å². The quantitative estimate of drug-likeness (QED) is 0.904. The van der Waals surface area contributed by atoms with Crippen molar-refractivity contribution in [3.63, 3.8) is 0 Å². The second-order valence-corrected chi connectivity index (χ2v) is 6.20. The molecule has 1 aliphatic heterocycles. The van der Waals surface area contributed by atoms with Gasteiger partial charge in [-0.05, 0) is 31.2 Å². The van der Waals surface area contributed by atoms with E-state index in [2.05, 4.69) is 15.5 Å². The van der Waals surface area contributed by atoms with Crippen LogP contribution in [-0.4, -0.2) is 47.4 Å². The number of benzene rings is 1.